The van der Waals surface area contributed by atoms with Gasteiger partial charge < -0.3 is 49.1 Å². The van der Waals surface area contributed by atoms with Crippen LogP contribution in [-0.4, -0.2) is 178 Å². The molecule has 566 valence electrons. The lowest BCUT2D eigenvalue weighted by Gasteiger charge is -2.46. The molecule has 3 aliphatic heterocycles. The summed E-state index contributed by atoms with van der Waals surface area (Å²) in [6.07, 6.45) is -4.22. The van der Waals surface area contributed by atoms with E-state index in [1.807, 2.05) is 98.0 Å². The third-order valence-electron chi connectivity index (χ3n) is 20.2. The minimum atomic E-state index is -5.14. The second-order valence-corrected chi connectivity index (χ2v) is 27.6. The lowest BCUT2D eigenvalue weighted by atomic mass is 9.72. The number of hydrogen-bond acceptors (Lipinski definition) is 11. The van der Waals surface area contributed by atoms with E-state index in [0.717, 1.165) is 67.7 Å². The minimum absolute atomic E-state index is 0. The average molecular weight is 1550 g/mol. The van der Waals surface area contributed by atoms with Gasteiger partial charge in [0.1, 0.15) is 12.2 Å². The zero-order valence-corrected chi connectivity index (χ0v) is 62.1. The van der Waals surface area contributed by atoms with Gasteiger partial charge in [0.15, 0.2) is 0 Å². The van der Waals surface area contributed by atoms with Crippen molar-refractivity contribution in [1.82, 2.24) is 29.8 Å². The number of carbonyl (C=O) groups is 5. The lowest BCUT2D eigenvalue weighted by molar-refractivity contribution is -0.143. The van der Waals surface area contributed by atoms with Gasteiger partial charge in [-0.1, -0.05) is 121 Å². The predicted octanol–water partition coefficient (Wildman–Crippen LogP) is 15.9. The molecular weight excluding hydrogens is 1460 g/mol. The Labute approximate surface area is 632 Å². The summed E-state index contributed by atoms with van der Waals surface area (Å²) in [6, 6.07) is 38.8. The molecule has 6 aromatic carbocycles. The topological polar surface area (TPSA) is 177 Å². The first-order chi connectivity index (χ1) is 48.4. The molecule has 104 heavy (non-hydrogen) atoms. The Balaban J connectivity index is 0.00000504. The van der Waals surface area contributed by atoms with Gasteiger partial charge in [-0.05, 0) is 160 Å². The van der Waals surface area contributed by atoms with Crippen molar-refractivity contribution in [3.05, 3.63) is 189 Å². The molecule has 5 amide bonds. The van der Waals surface area contributed by atoms with E-state index in [-0.39, 0.29) is 117 Å². The summed E-state index contributed by atoms with van der Waals surface area (Å²) >= 11 is 12.8. The summed E-state index contributed by atoms with van der Waals surface area (Å²) in [5, 5.41) is 17.0. The number of piperidine rings is 2. The van der Waals surface area contributed by atoms with Gasteiger partial charge in [-0.15, -0.1) is 37.2 Å². The van der Waals surface area contributed by atoms with Crippen LogP contribution in [0.1, 0.15) is 114 Å². The van der Waals surface area contributed by atoms with Crippen molar-refractivity contribution in [3.8, 4) is 11.1 Å². The molecule has 0 saturated carbocycles. The van der Waals surface area contributed by atoms with Crippen LogP contribution >= 0.6 is 60.4 Å². The molecule has 3 fully saturated rings. The van der Waals surface area contributed by atoms with Crippen LogP contribution < -0.4 is 15.5 Å². The van der Waals surface area contributed by atoms with Gasteiger partial charge in [-0.2, -0.15) is 26.3 Å². The number of fused-ring (bicyclic) bond motifs is 2. The first-order valence-corrected chi connectivity index (χ1v) is 35.4. The normalized spacial score (nSPS) is 17.6. The zero-order chi connectivity index (χ0) is 71.9. The Kier molecular flexibility index (Phi) is 31.3. The maximum absolute atomic E-state index is 14.0. The van der Waals surface area contributed by atoms with Gasteiger partial charge >= 0.3 is 24.5 Å². The van der Waals surface area contributed by atoms with Gasteiger partial charge in [0.25, 0.3) is 5.91 Å². The molecule has 6 aromatic rings. The van der Waals surface area contributed by atoms with Crippen molar-refractivity contribution in [2.75, 3.05) is 116 Å². The molecule has 28 heteroatoms. The van der Waals surface area contributed by atoms with E-state index in [0.29, 0.717) is 120 Å². The average Bonchev–Trinajstić information content (AvgIpc) is 1.59. The number of amides is 5. The number of anilines is 2. The quantitative estimate of drug-likeness (QED) is 0.0313. The fraction of sp³-hybridized carbons (Fsp3) is 0.461. The molecular formula is C76H91Cl5F6N8O9. The number of hydrogen-bond donors (Lipinski definition) is 3. The fourth-order valence-electron chi connectivity index (χ4n) is 14.4. The number of likely N-dealkylation sites (N-methyl/N-ethyl adjacent to an activating group) is 2. The molecule has 0 bridgehead atoms. The molecule has 3 saturated heterocycles. The molecule has 3 N–H and O–H groups in total. The molecule has 10 rings (SSSR count). The maximum atomic E-state index is 14.0. The third kappa shape index (κ3) is 21.9. The lowest BCUT2D eigenvalue weighted by Crippen LogP contribution is -2.54. The highest BCUT2D eigenvalue weighted by Crippen LogP contribution is 2.49. The van der Waals surface area contributed by atoms with Gasteiger partial charge in [0.05, 0.1) is 52.7 Å². The largest absolute Gasteiger partial charge is 0.465 e. The second-order valence-electron chi connectivity index (χ2n) is 26.8. The minimum Gasteiger partial charge on any atom is -0.465 e. The van der Waals surface area contributed by atoms with Crippen molar-refractivity contribution in [2.24, 2.45) is 0 Å². The molecule has 2 atom stereocenters. The van der Waals surface area contributed by atoms with Crippen molar-refractivity contribution < 1.29 is 69.6 Å². The highest BCUT2D eigenvalue weighted by atomic mass is 35.5. The molecule has 0 unspecified atom stereocenters. The Bertz CT molecular complexity index is 3780. The number of ether oxygens (including phenoxy) is 3. The Hall–Kier alpha value is -6.90. The number of likely N-dealkylation sites (tertiary alicyclic amines) is 2. The highest BCUT2D eigenvalue weighted by molar-refractivity contribution is 6.42. The maximum Gasteiger partial charge on any atom is 0.416 e. The number of carbonyl (C=O) groups excluding carboxylic acids is 4. The molecule has 0 radical (unpaired) electrons. The van der Waals surface area contributed by atoms with E-state index in [1.165, 1.54) is 15.4 Å². The number of nitrogens with zero attached hydrogens (tertiary/aromatic N) is 6. The Morgan fingerprint density at radius 1 is 0.683 bits per heavy atom. The monoisotopic (exact) mass is 1550 g/mol. The van der Waals surface area contributed by atoms with Crippen molar-refractivity contribution >= 4 is 102 Å². The molecule has 1 aliphatic carbocycles. The first kappa shape index (κ1) is 84.4. The van der Waals surface area contributed by atoms with E-state index in [2.05, 4.69) is 32.6 Å². The van der Waals surface area contributed by atoms with Gasteiger partial charge in [-0.3, -0.25) is 24.6 Å². The summed E-state index contributed by atoms with van der Waals surface area (Å²) in [5.74, 6) is -1.07. The van der Waals surface area contributed by atoms with Crippen molar-refractivity contribution in [3.63, 3.8) is 0 Å². The number of benzene rings is 6. The summed E-state index contributed by atoms with van der Waals surface area (Å²) < 4.78 is 102. The van der Waals surface area contributed by atoms with Crippen LogP contribution in [0.25, 0.3) is 11.1 Å². The van der Waals surface area contributed by atoms with Crippen LogP contribution in [0.5, 0.6) is 0 Å². The summed E-state index contributed by atoms with van der Waals surface area (Å²) in [7, 11) is 3.57. The van der Waals surface area contributed by atoms with Crippen LogP contribution in [-0.2, 0) is 60.1 Å². The summed E-state index contributed by atoms with van der Waals surface area (Å²) in [6.45, 7) is 6.06. The van der Waals surface area contributed by atoms with Gasteiger partial charge in [0.2, 0.25) is 11.8 Å². The van der Waals surface area contributed by atoms with E-state index in [4.69, 9.17) is 37.4 Å². The van der Waals surface area contributed by atoms with E-state index in [1.54, 1.807) is 35.0 Å². The third-order valence-corrected chi connectivity index (χ3v) is 20.9. The number of carboxylic acid groups (broad SMARTS) is 1. The van der Waals surface area contributed by atoms with Crippen LogP contribution in [0.4, 0.5) is 47.3 Å². The second kappa shape index (κ2) is 38.6. The molecule has 17 nitrogen and oxygen atoms in total. The Morgan fingerprint density at radius 2 is 1.34 bits per heavy atom. The van der Waals surface area contributed by atoms with Crippen LogP contribution in [0, 0.1) is 0 Å². The molecule has 0 aromatic heterocycles. The van der Waals surface area contributed by atoms with Crippen LogP contribution in [0.15, 0.2) is 140 Å². The highest BCUT2D eigenvalue weighted by Gasteiger charge is 2.50. The van der Waals surface area contributed by atoms with E-state index in [9.17, 15) is 55.4 Å². The zero-order valence-electron chi connectivity index (χ0n) is 58.2. The van der Waals surface area contributed by atoms with Crippen LogP contribution in [0.2, 0.25) is 10.0 Å². The number of halogens is 11. The number of para-hydroxylation sites is 1. The number of alkyl halides is 6. The smallest absolute Gasteiger partial charge is 0.416 e. The van der Waals surface area contributed by atoms with Crippen LogP contribution in [0.3, 0.4) is 0 Å². The van der Waals surface area contributed by atoms with Crippen molar-refractivity contribution in [2.45, 2.75) is 119 Å². The first-order valence-electron chi connectivity index (χ1n) is 34.6. The predicted molar refractivity (Wildman–Crippen MR) is 398 cm³/mol. The van der Waals surface area contributed by atoms with Crippen molar-refractivity contribution in [1.29, 1.82) is 0 Å². The SMILES string of the molecule is CN(CCN1CCC(N(C(=O)O)c2ccccc2-c2ccccc2)CC1)C(=O)CCCCCNCc1ccc(NC(=O)OCCCCN(C)C(=O)CO[C@H]2Cc3ccccc3C23CCN(CC[C@]2(c4ccc(Cl)c(Cl)c4)CN(C(=O)c4cc(C(F)(F)F)cc(C(F)(F)F)c4)CCO2)CC3)cc1.Cl.Cl.Cl. The number of unbranched alkanes of at least 4 members (excludes halogenated alkanes) is 3. The standard InChI is InChI=1S/C76H88Cl2F6N8O9.3ClH/c1-87(34-13-14-43-99-71(96)86-60-25-22-53(23-26-60)50-85-33-12-4-7-21-68(93)88(2)40-41-89-35-28-61(29-36-89)92(72(97)98)66-20-11-9-18-62(66)54-15-5-3-6-16-54)69(94)51-100-67-47-55-17-8-10-19-63(55)73(67)30-37-90(38-31-73)39-32-74(57-24-27-64(77)65(78)49-57)52-91(42-44-101-74)70(95)56-45-58(75(79,80)81)48-59(46-56)76(82,83)84;;;/h3,5-6,8-11,15-20,22-27,45-46,48-49,61,67,85H,4,7,12-14,21,28-44,47,50-52H2,1-2H3,(H,86,96)(H,97,98);3*1H/t67-,74+;;;/m0.../s1. The number of rotatable bonds is 28. The summed E-state index contributed by atoms with van der Waals surface area (Å²) in [4.78, 5) is 76.7. The molecule has 1 spiro atoms. The molecule has 3 heterocycles. The van der Waals surface area contributed by atoms with Gasteiger partial charge in [-0.25, -0.2) is 9.59 Å². The van der Waals surface area contributed by atoms with E-state index >= 15 is 0 Å². The molecule has 4 aliphatic rings. The van der Waals surface area contributed by atoms with E-state index < -0.39 is 58.2 Å². The van der Waals surface area contributed by atoms with Gasteiger partial charge in [0, 0.05) is 101 Å². The Morgan fingerprint density at radius 3 is 2.02 bits per heavy atom. The fourth-order valence-corrected chi connectivity index (χ4v) is 14.7. The number of morpholine rings is 1. The number of nitrogens with one attached hydrogen (secondary N) is 2. The summed E-state index contributed by atoms with van der Waals surface area (Å²) in [5.41, 5.74) is 1.47.